The third-order valence-electron chi connectivity index (χ3n) is 5.94. The van der Waals surface area contributed by atoms with Crippen molar-refractivity contribution in [2.75, 3.05) is 36.5 Å². The predicted octanol–water partition coefficient (Wildman–Crippen LogP) is 3.58. The summed E-state index contributed by atoms with van der Waals surface area (Å²) in [7, 11) is 0. The van der Waals surface area contributed by atoms with Gasteiger partial charge in [-0.2, -0.15) is 9.49 Å². The van der Waals surface area contributed by atoms with E-state index in [2.05, 4.69) is 15.3 Å². The SMILES string of the molecule is Cc1ccc(NC(=O)c2cnn(C(C)(C)C)c2F)cc1-c1cc(N2CCOCC2)n(C=N)c(=N)c1. The topological polar surface area (TPSA) is 112 Å². The molecule has 10 heteroatoms. The lowest BCUT2D eigenvalue weighted by atomic mass is 10.00. The zero-order chi connectivity index (χ0) is 25.3. The number of anilines is 2. The molecule has 0 radical (unpaired) electrons. The van der Waals surface area contributed by atoms with Crippen LogP contribution in [0.4, 0.5) is 15.9 Å². The fourth-order valence-electron chi connectivity index (χ4n) is 4.08. The van der Waals surface area contributed by atoms with Crippen LogP contribution >= 0.6 is 0 Å². The highest BCUT2D eigenvalue weighted by atomic mass is 19.1. The number of ether oxygens (including phenoxy) is 1. The average molecular weight is 480 g/mol. The normalized spacial score (nSPS) is 14.1. The number of halogens is 1. The van der Waals surface area contributed by atoms with E-state index in [0.717, 1.165) is 28.8 Å². The summed E-state index contributed by atoms with van der Waals surface area (Å²) in [6.45, 7) is 9.88. The number of nitrogens with zero attached hydrogens (tertiary/aromatic N) is 4. The molecule has 1 fully saturated rings. The number of amides is 1. The van der Waals surface area contributed by atoms with Crippen LogP contribution in [0.25, 0.3) is 11.1 Å². The monoisotopic (exact) mass is 479 g/mol. The van der Waals surface area contributed by atoms with Crippen molar-refractivity contribution in [1.29, 1.82) is 10.8 Å². The Hall–Kier alpha value is -3.79. The minimum Gasteiger partial charge on any atom is -0.378 e. The summed E-state index contributed by atoms with van der Waals surface area (Å²) < 4.78 is 23.0. The summed E-state index contributed by atoms with van der Waals surface area (Å²) in [5.74, 6) is -0.537. The summed E-state index contributed by atoms with van der Waals surface area (Å²) >= 11 is 0. The molecule has 3 N–H and O–H groups in total. The van der Waals surface area contributed by atoms with Gasteiger partial charge in [0.15, 0.2) is 0 Å². The second kappa shape index (κ2) is 9.46. The van der Waals surface area contributed by atoms with Gasteiger partial charge in [0.2, 0.25) is 5.95 Å². The van der Waals surface area contributed by atoms with Gasteiger partial charge in [-0.3, -0.25) is 20.2 Å². The Kier molecular flexibility index (Phi) is 6.58. The third kappa shape index (κ3) is 4.88. The first kappa shape index (κ1) is 24.3. The fraction of sp³-hybridized carbons (Fsp3) is 0.360. The number of hydrogen-bond acceptors (Lipinski definition) is 6. The molecule has 0 aliphatic carbocycles. The lowest BCUT2D eigenvalue weighted by Crippen LogP contribution is -2.39. The van der Waals surface area contributed by atoms with Crippen LogP contribution in [0.2, 0.25) is 0 Å². The zero-order valence-electron chi connectivity index (χ0n) is 20.4. The van der Waals surface area contributed by atoms with Crippen LogP contribution < -0.4 is 15.7 Å². The van der Waals surface area contributed by atoms with Gasteiger partial charge < -0.3 is 15.0 Å². The van der Waals surface area contributed by atoms with E-state index in [4.69, 9.17) is 15.6 Å². The van der Waals surface area contributed by atoms with Crippen LogP contribution in [0.15, 0.2) is 36.5 Å². The Labute approximate surface area is 203 Å². The molecule has 35 heavy (non-hydrogen) atoms. The fourth-order valence-corrected chi connectivity index (χ4v) is 4.08. The Morgan fingerprint density at radius 2 is 1.91 bits per heavy atom. The van der Waals surface area contributed by atoms with Crippen molar-refractivity contribution >= 4 is 23.8 Å². The molecule has 1 amide bonds. The standard InChI is InChI=1S/C25H30FN7O2/c1-16-5-6-18(30-24(34)20-14-29-33(23(20)26)25(2,3)4)13-19(16)17-11-21(28)32(15-27)22(12-17)31-7-9-35-10-8-31/h5-6,11-15,27-28H,7-10H2,1-4H3,(H,30,34). The van der Waals surface area contributed by atoms with Gasteiger partial charge in [-0.1, -0.05) is 6.07 Å². The molecule has 1 aromatic carbocycles. The number of carbonyl (C=O) groups excluding carboxylic acids is 1. The van der Waals surface area contributed by atoms with E-state index in [0.29, 0.717) is 32.0 Å². The van der Waals surface area contributed by atoms with Crippen LogP contribution in [-0.2, 0) is 10.3 Å². The molecule has 3 aromatic rings. The van der Waals surface area contributed by atoms with Crippen molar-refractivity contribution in [2.24, 2.45) is 0 Å². The van der Waals surface area contributed by atoms with Gasteiger partial charge in [0.1, 0.15) is 16.9 Å². The molecule has 2 aromatic heterocycles. The summed E-state index contributed by atoms with van der Waals surface area (Å²) in [6.07, 6.45) is 2.37. The minimum absolute atomic E-state index is 0.128. The van der Waals surface area contributed by atoms with Crippen molar-refractivity contribution in [3.63, 3.8) is 0 Å². The first-order valence-corrected chi connectivity index (χ1v) is 11.4. The molecule has 0 spiro atoms. The second-order valence-electron chi connectivity index (χ2n) is 9.50. The maximum absolute atomic E-state index is 14.8. The number of aryl methyl sites for hydroxylation is 1. The maximum atomic E-state index is 14.8. The number of benzene rings is 1. The quantitative estimate of drug-likeness (QED) is 0.384. The summed E-state index contributed by atoms with van der Waals surface area (Å²) in [5.41, 5.74) is 2.52. The second-order valence-corrected chi connectivity index (χ2v) is 9.50. The van der Waals surface area contributed by atoms with Gasteiger partial charge in [-0.25, -0.2) is 4.68 Å². The number of morpholine rings is 1. The molecule has 0 bridgehead atoms. The van der Waals surface area contributed by atoms with Crippen LogP contribution in [0, 0.1) is 23.7 Å². The summed E-state index contributed by atoms with van der Waals surface area (Å²) in [6, 6.07) is 9.07. The molecule has 1 aliphatic heterocycles. The van der Waals surface area contributed by atoms with Crippen molar-refractivity contribution in [1.82, 2.24) is 14.3 Å². The molecule has 9 nitrogen and oxygen atoms in total. The largest absolute Gasteiger partial charge is 0.378 e. The van der Waals surface area contributed by atoms with E-state index in [9.17, 15) is 9.18 Å². The molecule has 0 saturated carbocycles. The smallest absolute Gasteiger partial charge is 0.261 e. The average Bonchev–Trinajstić information content (AvgIpc) is 3.22. The van der Waals surface area contributed by atoms with E-state index in [1.165, 1.54) is 15.4 Å². The van der Waals surface area contributed by atoms with Gasteiger partial charge in [-0.05, 0) is 68.7 Å². The first-order valence-electron chi connectivity index (χ1n) is 11.4. The van der Waals surface area contributed by atoms with Crippen molar-refractivity contribution in [3.8, 4) is 11.1 Å². The molecule has 184 valence electrons. The van der Waals surface area contributed by atoms with Gasteiger partial charge >= 0.3 is 0 Å². The number of aromatic nitrogens is 3. The maximum Gasteiger partial charge on any atom is 0.261 e. The van der Waals surface area contributed by atoms with E-state index in [1.807, 2.05) is 45.9 Å². The number of carbonyl (C=O) groups is 1. The molecular formula is C25H30FN7O2. The molecular weight excluding hydrogens is 449 g/mol. The Morgan fingerprint density at radius 3 is 2.54 bits per heavy atom. The molecule has 0 unspecified atom stereocenters. The number of nitrogens with one attached hydrogen (secondary N) is 3. The van der Waals surface area contributed by atoms with E-state index in [1.54, 1.807) is 12.1 Å². The van der Waals surface area contributed by atoms with Crippen LogP contribution in [0.5, 0.6) is 0 Å². The van der Waals surface area contributed by atoms with Crippen LogP contribution in [0.1, 0.15) is 36.7 Å². The first-order chi connectivity index (χ1) is 16.6. The summed E-state index contributed by atoms with van der Waals surface area (Å²) in [5, 5.41) is 23.1. The van der Waals surface area contributed by atoms with Gasteiger partial charge in [0.25, 0.3) is 5.91 Å². The van der Waals surface area contributed by atoms with Crippen LogP contribution in [0.3, 0.4) is 0 Å². The Morgan fingerprint density at radius 1 is 1.20 bits per heavy atom. The summed E-state index contributed by atoms with van der Waals surface area (Å²) in [4.78, 5) is 14.9. The van der Waals surface area contributed by atoms with E-state index in [-0.39, 0.29) is 11.1 Å². The molecule has 0 atom stereocenters. The van der Waals surface area contributed by atoms with Crippen molar-refractivity contribution < 1.29 is 13.9 Å². The highest BCUT2D eigenvalue weighted by molar-refractivity contribution is 6.04. The van der Waals surface area contributed by atoms with Crippen molar-refractivity contribution in [2.45, 2.75) is 33.2 Å². The van der Waals surface area contributed by atoms with Gasteiger partial charge in [0, 0.05) is 18.8 Å². The molecule has 1 saturated heterocycles. The minimum atomic E-state index is -0.685. The molecule has 1 aliphatic rings. The highest BCUT2D eigenvalue weighted by Gasteiger charge is 2.24. The Bertz CT molecular complexity index is 1330. The predicted molar refractivity (Wildman–Crippen MR) is 133 cm³/mol. The number of pyridine rings is 1. The molecule has 3 heterocycles. The number of rotatable bonds is 5. The van der Waals surface area contributed by atoms with E-state index >= 15 is 0 Å². The highest BCUT2D eigenvalue weighted by Crippen LogP contribution is 2.29. The van der Waals surface area contributed by atoms with E-state index < -0.39 is 17.4 Å². The van der Waals surface area contributed by atoms with Crippen LogP contribution in [-0.4, -0.2) is 52.9 Å². The number of hydrogen-bond donors (Lipinski definition) is 3. The third-order valence-corrected chi connectivity index (χ3v) is 5.94. The van der Waals surface area contributed by atoms with Gasteiger partial charge in [0.05, 0.1) is 31.3 Å². The lowest BCUT2D eigenvalue weighted by molar-refractivity contribution is 0.102. The molecule has 4 rings (SSSR count). The van der Waals surface area contributed by atoms with Crippen molar-refractivity contribution in [3.05, 3.63) is 59.1 Å². The Balaban J connectivity index is 1.68. The zero-order valence-corrected chi connectivity index (χ0v) is 20.4. The van der Waals surface area contributed by atoms with Gasteiger partial charge in [-0.15, -0.1) is 0 Å². The lowest BCUT2D eigenvalue weighted by Gasteiger charge is -2.30.